The van der Waals surface area contributed by atoms with E-state index < -0.39 is 17.8 Å². The van der Waals surface area contributed by atoms with E-state index in [1.54, 1.807) is 6.07 Å². The number of aromatic nitrogens is 2. The van der Waals surface area contributed by atoms with Gasteiger partial charge >= 0.3 is 6.18 Å². The largest absolute Gasteiger partial charge is 0.494 e. The standard InChI is InChI=1S/C23H22F3N3O3/c1-2-12-31-18-8-6-16(7-9-18)21-27-22(32-28-21)19-10-11-20(30)29(19)14-15-4-3-5-17(13-15)23(24,25)26/h3-9,13,19H,2,10-12,14H2,1H3. The van der Waals surface area contributed by atoms with Crippen molar-refractivity contribution in [2.75, 3.05) is 6.61 Å². The molecule has 4 rings (SSSR count). The summed E-state index contributed by atoms with van der Waals surface area (Å²) >= 11 is 0. The summed E-state index contributed by atoms with van der Waals surface area (Å²) in [7, 11) is 0. The number of carbonyl (C=O) groups excluding carboxylic acids is 1. The first-order chi connectivity index (χ1) is 15.3. The van der Waals surface area contributed by atoms with Crippen LogP contribution in [0.1, 0.15) is 49.2 Å². The number of benzene rings is 2. The molecule has 1 saturated heterocycles. The topological polar surface area (TPSA) is 68.5 Å². The van der Waals surface area contributed by atoms with Crippen LogP contribution in [-0.4, -0.2) is 27.6 Å². The number of ether oxygens (including phenoxy) is 1. The van der Waals surface area contributed by atoms with Gasteiger partial charge < -0.3 is 14.2 Å². The van der Waals surface area contributed by atoms with E-state index in [-0.39, 0.29) is 24.8 Å². The van der Waals surface area contributed by atoms with Crippen LogP contribution in [0.2, 0.25) is 0 Å². The van der Waals surface area contributed by atoms with Gasteiger partial charge in [-0.05, 0) is 54.8 Å². The summed E-state index contributed by atoms with van der Waals surface area (Å²) in [6.45, 7) is 2.69. The maximum absolute atomic E-state index is 13.0. The second kappa shape index (κ2) is 9.02. The molecule has 1 aliphatic rings. The summed E-state index contributed by atoms with van der Waals surface area (Å²) in [4.78, 5) is 18.4. The molecular weight excluding hydrogens is 423 g/mol. The highest BCUT2D eigenvalue weighted by Gasteiger charge is 2.36. The van der Waals surface area contributed by atoms with Gasteiger partial charge in [-0.2, -0.15) is 18.2 Å². The van der Waals surface area contributed by atoms with Crippen LogP contribution in [0.15, 0.2) is 53.1 Å². The molecule has 1 fully saturated rings. The van der Waals surface area contributed by atoms with E-state index in [0.717, 1.165) is 29.9 Å². The van der Waals surface area contributed by atoms with Crippen LogP contribution in [0.4, 0.5) is 13.2 Å². The number of nitrogens with zero attached hydrogens (tertiary/aromatic N) is 3. The zero-order valence-corrected chi connectivity index (χ0v) is 17.4. The molecule has 1 amide bonds. The van der Waals surface area contributed by atoms with Crippen molar-refractivity contribution >= 4 is 5.91 Å². The SMILES string of the molecule is CCCOc1ccc(-c2noc(C3CCC(=O)N3Cc3cccc(C(F)(F)F)c3)n2)cc1. The molecule has 1 atom stereocenters. The van der Waals surface area contributed by atoms with E-state index >= 15 is 0 Å². The van der Waals surface area contributed by atoms with Crippen LogP contribution in [0, 0.1) is 0 Å². The third-order valence-corrected chi connectivity index (χ3v) is 5.25. The lowest BCUT2D eigenvalue weighted by atomic mass is 10.1. The number of alkyl halides is 3. The molecule has 0 bridgehead atoms. The van der Waals surface area contributed by atoms with Crippen molar-refractivity contribution in [2.24, 2.45) is 0 Å². The molecule has 1 aromatic heterocycles. The molecule has 0 spiro atoms. The first kappa shape index (κ1) is 21.9. The van der Waals surface area contributed by atoms with E-state index in [0.29, 0.717) is 24.4 Å². The van der Waals surface area contributed by atoms with E-state index in [2.05, 4.69) is 10.1 Å². The van der Waals surface area contributed by atoms with Crippen LogP contribution < -0.4 is 4.74 Å². The van der Waals surface area contributed by atoms with Crippen LogP contribution >= 0.6 is 0 Å². The fourth-order valence-electron chi connectivity index (χ4n) is 3.64. The van der Waals surface area contributed by atoms with Gasteiger partial charge in [0, 0.05) is 18.5 Å². The molecule has 0 radical (unpaired) electrons. The van der Waals surface area contributed by atoms with Crippen molar-refractivity contribution in [3.8, 4) is 17.1 Å². The van der Waals surface area contributed by atoms with E-state index in [1.165, 1.54) is 11.0 Å². The number of carbonyl (C=O) groups is 1. The minimum absolute atomic E-state index is 0.0363. The Morgan fingerprint density at radius 1 is 1.19 bits per heavy atom. The summed E-state index contributed by atoms with van der Waals surface area (Å²) in [5, 5.41) is 4.02. The van der Waals surface area contributed by atoms with E-state index in [1.807, 2.05) is 31.2 Å². The lowest BCUT2D eigenvalue weighted by Crippen LogP contribution is -2.27. The van der Waals surface area contributed by atoms with Gasteiger partial charge in [0.15, 0.2) is 0 Å². The summed E-state index contributed by atoms with van der Waals surface area (Å²) in [5.74, 6) is 1.22. The third-order valence-electron chi connectivity index (χ3n) is 5.25. The molecule has 3 aromatic rings. The second-order valence-corrected chi connectivity index (χ2v) is 7.60. The first-order valence-electron chi connectivity index (χ1n) is 10.4. The monoisotopic (exact) mass is 445 g/mol. The highest BCUT2D eigenvalue weighted by molar-refractivity contribution is 5.78. The summed E-state index contributed by atoms with van der Waals surface area (Å²) in [6.07, 6.45) is -2.80. The number of likely N-dealkylation sites (tertiary alicyclic amines) is 1. The number of rotatable bonds is 7. The Morgan fingerprint density at radius 3 is 2.69 bits per heavy atom. The van der Waals surface area contributed by atoms with Crippen molar-refractivity contribution in [1.82, 2.24) is 15.0 Å². The smallest absolute Gasteiger partial charge is 0.416 e. The maximum atomic E-state index is 13.0. The van der Waals surface area contributed by atoms with Gasteiger partial charge in [0.1, 0.15) is 11.8 Å². The van der Waals surface area contributed by atoms with Crippen molar-refractivity contribution in [3.05, 3.63) is 65.5 Å². The average molecular weight is 445 g/mol. The van der Waals surface area contributed by atoms with Gasteiger partial charge in [0.05, 0.1) is 12.2 Å². The molecule has 0 aliphatic carbocycles. The van der Waals surface area contributed by atoms with Gasteiger partial charge in [-0.25, -0.2) is 0 Å². The number of hydrogen-bond donors (Lipinski definition) is 0. The maximum Gasteiger partial charge on any atom is 0.416 e. The Bertz CT molecular complexity index is 1080. The quantitative estimate of drug-likeness (QED) is 0.487. The van der Waals surface area contributed by atoms with Gasteiger partial charge in [-0.1, -0.05) is 24.2 Å². The lowest BCUT2D eigenvalue weighted by molar-refractivity contribution is -0.137. The fraction of sp³-hybridized carbons (Fsp3) is 0.348. The molecule has 0 N–H and O–H groups in total. The molecule has 168 valence electrons. The zero-order chi connectivity index (χ0) is 22.7. The zero-order valence-electron chi connectivity index (χ0n) is 17.4. The van der Waals surface area contributed by atoms with E-state index in [4.69, 9.17) is 9.26 Å². The number of halogens is 3. The normalized spacial score (nSPS) is 16.6. The van der Waals surface area contributed by atoms with Gasteiger partial charge in [-0.15, -0.1) is 0 Å². The Labute approximate surface area is 183 Å². The molecule has 1 aliphatic heterocycles. The molecule has 2 aromatic carbocycles. The summed E-state index contributed by atoms with van der Waals surface area (Å²) < 4.78 is 50.1. The lowest BCUT2D eigenvalue weighted by Gasteiger charge is -2.22. The molecular formula is C23H22F3N3O3. The average Bonchev–Trinajstić information content (AvgIpc) is 3.40. The Kier molecular flexibility index (Phi) is 6.16. The minimum atomic E-state index is -4.44. The molecule has 1 unspecified atom stereocenters. The van der Waals surface area contributed by atoms with E-state index in [9.17, 15) is 18.0 Å². The Morgan fingerprint density at radius 2 is 1.97 bits per heavy atom. The van der Waals surface area contributed by atoms with Crippen molar-refractivity contribution in [2.45, 2.75) is 44.9 Å². The minimum Gasteiger partial charge on any atom is -0.494 e. The Balaban J connectivity index is 1.51. The third kappa shape index (κ3) is 4.76. The van der Waals surface area contributed by atoms with Gasteiger partial charge in [-0.3, -0.25) is 4.79 Å². The van der Waals surface area contributed by atoms with Gasteiger partial charge in [0.25, 0.3) is 0 Å². The van der Waals surface area contributed by atoms with Crippen molar-refractivity contribution in [1.29, 1.82) is 0 Å². The molecule has 32 heavy (non-hydrogen) atoms. The van der Waals surface area contributed by atoms with Crippen LogP contribution in [0.5, 0.6) is 5.75 Å². The van der Waals surface area contributed by atoms with Crippen LogP contribution in [0.25, 0.3) is 11.4 Å². The number of hydrogen-bond acceptors (Lipinski definition) is 5. The van der Waals surface area contributed by atoms with Crippen molar-refractivity contribution in [3.63, 3.8) is 0 Å². The first-order valence-corrected chi connectivity index (χ1v) is 10.4. The Hall–Kier alpha value is -3.36. The second-order valence-electron chi connectivity index (χ2n) is 7.60. The van der Waals surface area contributed by atoms with Crippen LogP contribution in [-0.2, 0) is 17.5 Å². The van der Waals surface area contributed by atoms with Crippen molar-refractivity contribution < 1.29 is 27.2 Å². The summed E-state index contributed by atoms with van der Waals surface area (Å²) in [6, 6.07) is 11.8. The fourth-order valence-corrected chi connectivity index (χ4v) is 3.64. The predicted molar refractivity (Wildman–Crippen MR) is 109 cm³/mol. The van der Waals surface area contributed by atoms with Crippen LogP contribution in [0.3, 0.4) is 0 Å². The number of amides is 1. The molecule has 0 saturated carbocycles. The highest BCUT2D eigenvalue weighted by Crippen LogP contribution is 2.35. The van der Waals surface area contributed by atoms with Gasteiger partial charge in [0.2, 0.25) is 17.6 Å². The summed E-state index contributed by atoms with van der Waals surface area (Å²) in [5.41, 5.74) is 0.379. The molecule has 6 nitrogen and oxygen atoms in total. The molecule has 9 heteroatoms. The highest BCUT2D eigenvalue weighted by atomic mass is 19.4. The molecule has 2 heterocycles. The predicted octanol–water partition coefficient (Wildman–Crippen LogP) is 5.41.